The lowest BCUT2D eigenvalue weighted by Gasteiger charge is -2.29. The van der Waals surface area contributed by atoms with Gasteiger partial charge in [-0.25, -0.2) is 4.79 Å². The van der Waals surface area contributed by atoms with Crippen LogP contribution in [0, 0.1) is 0 Å². The smallest absolute Gasteiger partial charge is 0.332 e. The molecule has 0 radical (unpaired) electrons. The quantitative estimate of drug-likeness (QED) is 0.543. The first-order valence-electron chi connectivity index (χ1n) is 4.99. The van der Waals surface area contributed by atoms with Crippen LogP contribution in [0.3, 0.4) is 0 Å². The zero-order valence-corrected chi connectivity index (χ0v) is 10.8. The Morgan fingerprint density at radius 2 is 2.29 bits per heavy atom. The molecule has 3 N–H and O–H groups in total. The van der Waals surface area contributed by atoms with E-state index in [2.05, 4.69) is 10.1 Å². The van der Waals surface area contributed by atoms with Crippen molar-refractivity contribution in [2.75, 3.05) is 13.9 Å². The number of rotatable bonds is 3. The molecule has 1 atom stereocenters. The highest BCUT2D eigenvalue weighted by Crippen LogP contribution is 2.32. The summed E-state index contributed by atoms with van der Waals surface area (Å²) < 4.78 is 8.88. The molecule has 6 nitrogen and oxygen atoms in total. The molecule has 7 heteroatoms. The van der Waals surface area contributed by atoms with Gasteiger partial charge < -0.3 is 20.5 Å². The van der Waals surface area contributed by atoms with E-state index in [4.69, 9.17) is 10.5 Å². The van der Waals surface area contributed by atoms with Crippen LogP contribution >= 0.6 is 11.8 Å². The number of carbonyl (C=O) groups excluding carboxylic acids is 2. The monoisotopic (exact) mass is 260 g/mol. The van der Waals surface area contributed by atoms with E-state index >= 15 is 0 Å². The van der Waals surface area contributed by atoms with E-state index in [-0.39, 0.29) is 17.6 Å². The molecule has 0 amide bonds. The maximum absolute atomic E-state index is 11.8. The highest BCUT2D eigenvalue weighted by Gasteiger charge is 2.40. The van der Waals surface area contributed by atoms with Gasteiger partial charge in [-0.1, -0.05) is 11.8 Å². The summed E-state index contributed by atoms with van der Waals surface area (Å²) in [7, 11) is 1.43. The number of esters is 1. The van der Waals surface area contributed by atoms with Crippen LogP contribution in [0.5, 0.6) is 0 Å². The molecule has 0 saturated carbocycles. The van der Waals surface area contributed by atoms with Gasteiger partial charge in [-0.15, -0.1) is 0 Å². The lowest BCUT2D eigenvalue weighted by Crippen LogP contribution is -2.48. The van der Waals surface area contributed by atoms with E-state index in [1.165, 1.54) is 13.3 Å². The Bertz CT molecular complexity index is 354. The number of thioether (sulfide) groups is 1. The van der Waals surface area contributed by atoms with Gasteiger partial charge in [-0.2, -0.15) is 0 Å². The zero-order chi connectivity index (χ0) is 13.1. The standard InChI is InChI=1S/C10H16N2O4S/c1-10(2)7(8(13)16-5-15-3)12-4-6(11)9(14)17-10/h4,7,12H,5,11H2,1-3H3/t7-/m0/s1. The summed E-state index contributed by atoms with van der Waals surface area (Å²) in [4.78, 5) is 23.3. The minimum absolute atomic E-state index is 0.0881. The fraction of sp³-hybridized carbons (Fsp3) is 0.600. The van der Waals surface area contributed by atoms with Crippen LogP contribution in [0.25, 0.3) is 0 Å². The van der Waals surface area contributed by atoms with Crippen molar-refractivity contribution in [1.29, 1.82) is 0 Å². The summed E-state index contributed by atoms with van der Waals surface area (Å²) in [5.41, 5.74) is 5.60. The van der Waals surface area contributed by atoms with Crippen molar-refractivity contribution in [1.82, 2.24) is 5.32 Å². The van der Waals surface area contributed by atoms with Crippen LogP contribution in [0.15, 0.2) is 11.9 Å². The largest absolute Gasteiger partial charge is 0.437 e. The average Bonchev–Trinajstić information content (AvgIpc) is 2.33. The average molecular weight is 260 g/mol. The molecule has 1 aliphatic heterocycles. The molecule has 0 saturated heterocycles. The van der Waals surface area contributed by atoms with Gasteiger partial charge in [0.15, 0.2) is 6.79 Å². The van der Waals surface area contributed by atoms with Gasteiger partial charge in [0.2, 0.25) is 5.12 Å². The molecule has 0 spiro atoms. The normalized spacial score (nSPS) is 23.4. The number of nitrogens with two attached hydrogens (primary N) is 1. The molecule has 0 unspecified atom stereocenters. The predicted molar refractivity (Wildman–Crippen MR) is 63.8 cm³/mol. The molecule has 0 aromatic heterocycles. The van der Waals surface area contributed by atoms with Crippen LogP contribution in [0.2, 0.25) is 0 Å². The lowest BCUT2D eigenvalue weighted by molar-refractivity contribution is -0.157. The molecule has 1 rings (SSSR count). The van der Waals surface area contributed by atoms with Gasteiger partial charge in [0.05, 0.1) is 0 Å². The van der Waals surface area contributed by atoms with Crippen molar-refractivity contribution >= 4 is 22.8 Å². The molecule has 96 valence electrons. The summed E-state index contributed by atoms with van der Waals surface area (Å²) in [5.74, 6) is -0.483. The van der Waals surface area contributed by atoms with E-state index in [1.807, 2.05) is 0 Å². The number of hydrogen-bond donors (Lipinski definition) is 2. The Labute approximate surface area is 104 Å². The van der Waals surface area contributed by atoms with Crippen molar-refractivity contribution < 1.29 is 19.1 Å². The van der Waals surface area contributed by atoms with Gasteiger partial charge in [0.25, 0.3) is 0 Å². The molecule has 0 aromatic carbocycles. The van der Waals surface area contributed by atoms with E-state index in [0.29, 0.717) is 0 Å². The van der Waals surface area contributed by atoms with Crippen LogP contribution in [-0.4, -0.2) is 35.8 Å². The maximum atomic E-state index is 11.8. The first-order chi connectivity index (χ1) is 7.88. The predicted octanol–water partition coefficient (Wildman–Crippen LogP) is -0.0562. The molecular formula is C10H16N2O4S. The lowest BCUT2D eigenvalue weighted by atomic mass is 10.0. The third-order valence-corrected chi connectivity index (χ3v) is 3.43. The van der Waals surface area contributed by atoms with E-state index in [0.717, 1.165) is 11.8 Å². The Morgan fingerprint density at radius 1 is 1.65 bits per heavy atom. The number of nitrogens with one attached hydrogen (secondary N) is 1. The van der Waals surface area contributed by atoms with Crippen LogP contribution < -0.4 is 11.1 Å². The molecular weight excluding hydrogens is 244 g/mol. The molecule has 0 aliphatic carbocycles. The van der Waals surface area contributed by atoms with Gasteiger partial charge in [0.1, 0.15) is 11.7 Å². The molecule has 1 aliphatic rings. The van der Waals surface area contributed by atoms with E-state index in [9.17, 15) is 9.59 Å². The zero-order valence-electron chi connectivity index (χ0n) is 9.98. The van der Waals surface area contributed by atoms with Crippen LogP contribution in [0.4, 0.5) is 0 Å². The second-order valence-corrected chi connectivity index (χ2v) is 5.69. The summed E-state index contributed by atoms with van der Waals surface area (Å²) >= 11 is 1.01. The van der Waals surface area contributed by atoms with Crippen LogP contribution in [-0.2, 0) is 19.1 Å². The van der Waals surface area contributed by atoms with Crippen molar-refractivity contribution in [2.24, 2.45) is 5.73 Å². The Balaban J connectivity index is 2.82. The Morgan fingerprint density at radius 3 is 2.88 bits per heavy atom. The van der Waals surface area contributed by atoms with Crippen LogP contribution in [0.1, 0.15) is 13.8 Å². The summed E-state index contributed by atoms with van der Waals surface area (Å²) in [6, 6.07) is -0.660. The third kappa shape index (κ3) is 3.37. The first kappa shape index (κ1) is 13.9. The van der Waals surface area contributed by atoms with Crippen molar-refractivity contribution in [3.8, 4) is 0 Å². The van der Waals surface area contributed by atoms with E-state index in [1.54, 1.807) is 13.8 Å². The summed E-state index contributed by atoms with van der Waals surface area (Å²) in [6.07, 6.45) is 1.34. The SMILES string of the molecule is COCOC(=O)[C@@H]1NC=C(N)C(=O)SC1(C)C. The van der Waals surface area contributed by atoms with E-state index < -0.39 is 16.8 Å². The maximum Gasteiger partial charge on any atom is 0.332 e. The summed E-state index contributed by atoms with van der Waals surface area (Å²) in [6.45, 7) is 3.42. The minimum atomic E-state index is -0.660. The highest BCUT2D eigenvalue weighted by atomic mass is 32.2. The Hall–Kier alpha value is -1.21. The van der Waals surface area contributed by atoms with Gasteiger partial charge in [0, 0.05) is 18.1 Å². The first-order valence-corrected chi connectivity index (χ1v) is 5.80. The van der Waals surface area contributed by atoms with Gasteiger partial charge in [-0.05, 0) is 13.8 Å². The molecule has 1 heterocycles. The second-order valence-electron chi connectivity index (χ2n) is 4.06. The summed E-state index contributed by atoms with van der Waals surface area (Å²) in [5, 5.41) is 2.54. The van der Waals surface area contributed by atoms with Gasteiger partial charge >= 0.3 is 5.97 Å². The third-order valence-electron chi connectivity index (χ3n) is 2.25. The Kier molecular flexibility index (Phi) is 4.41. The second kappa shape index (κ2) is 5.42. The minimum Gasteiger partial charge on any atom is -0.437 e. The molecule has 0 aromatic rings. The molecule has 0 bridgehead atoms. The molecule has 17 heavy (non-hydrogen) atoms. The van der Waals surface area contributed by atoms with Crippen molar-refractivity contribution in [3.05, 3.63) is 11.9 Å². The fourth-order valence-corrected chi connectivity index (χ4v) is 2.28. The number of methoxy groups -OCH3 is 1. The number of hydrogen-bond acceptors (Lipinski definition) is 7. The topological polar surface area (TPSA) is 90.7 Å². The number of ether oxygens (including phenoxy) is 2. The molecule has 0 fully saturated rings. The number of carbonyl (C=O) groups is 2. The van der Waals surface area contributed by atoms with Gasteiger partial charge in [-0.3, -0.25) is 4.79 Å². The fourth-order valence-electron chi connectivity index (χ4n) is 1.34. The highest BCUT2D eigenvalue weighted by molar-refractivity contribution is 8.15. The van der Waals surface area contributed by atoms with Crippen molar-refractivity contribution in [2.45, 2.75) is 24.6 Å². The van der Waals surface area contributed by atoms with Crippen molar-refractivity contribution in [3.63, 3.8) is 0 Å².